The Balaban J connectivity index is 2.39. The topological polar surface area (TPSA) is 92.5 Å². The molecule has 0 spiro atoms. The van der Waals surface area contributed by atoms with Gasteiger partial charge < -0.3 is 11.1 Å². The molecule has 0 aliphatic carbocycles. The minimum Gasteiger partial charge on any atom is -0.356 e. The van der Waals surface area contributed by atoms with Crippen molar-refractivity contribution in [3.63, 3.8) is 0 Å². The van der Waals surface area contributed by atoms with Gasteiger partial charge in [-0.25, -0.2) is 17.1 Å². The Morgan fingerprint density at radius 1 is 1.22 bits per heavy atom. The molecule has 0 bridgehead atoms. The number of hydrogen-bond acceptors (Lipinski definition) is 4. The number of sulfonamides is 1. The molecule has 0 heterocycles. The summed E-state index contributed by atoms with van der Waals surface area (Å²) in [7, 11) is -2.21. The van der Waals surface area contributed by atoms with E-state index in [0.717, 1.165) is 25.0 Å². The summed E-state index contributed by atoms with van der Waals surface area (Å²) in [5, 5.41) is 2.76. The van der Waals surface area contributed by atoms with Crippen molar-refractivity contribution in [3.05, 3.63) is 30.1 Å². The second-order valence-electron chi connectivity index (χ2n) is 5.23. The van der Waals surface area contributed by atoms with E-state index in [1.165, 1.54) is 23.5 Å². The van der Waals surface area contributed by atoms with Crippen molar-refractivity contribution in [1.29, 1.82) is 0 Å². The Morgan fingerprint density at radius 2 is 1.87 bits per heavy atom. The Kier molecular flexibility index (Phi) is 8.15. The van der Waals surface area contributed by atoms with Gasteiger partial charge in [-0.3, -0.25) is 4.79 Å². The Bertz CT molecular complexity index is 590. The van der Waals surface area contributed by atoms with Crippen LogP contribution in [0, 0.1) is 5.82 Å². The molecule has 0 radical (unpaired) electrons. The molecule has 3 N–H and O–H groups in total. The number of carbonyl (C=O) groups excluding carboxylic acids is 1. The summed E-state index contributed by atoms with van der Waals surface area (Å²) >= 11 is 0. The highest BCUT2D eigenvalue weighted by molar-refractivity contribution is 7.89. The van der Waals surface area contributed by atoms with Gasteiger partial charge in [-0.15, -0.1) is 0 Å². The maximum absolute atomic E-state index is 12.9. The number of unbranched alkanes of at least 4 members (excludes halogenated alkanes) is 1. The van der Waals surface area contributed by atoms with Gasteiger partial charge in [-0.2, -0.15) is 0 Å². The molecule has 23 heavy (non-hydrogen) atoms. The normalized spacial score (nSPS) is 11.7. The average Bonchev–Trinajstić information content (AvgIpc) is 2.52. The fourth-order valence-corrected chi connectivity index (χ4v) is 3.16. The monoisotopic (exact) mass is 345 g/mol. The van der Waals surface area contributed by atoms with Crippen molar-refractivity contribution in [2.75, 3.05) is 26.7 Å². The molecule has 6 nitrogen and oxygen atoms in total. The zero-order valence-electron chi connectivity index (χ0n) is 13.3. The van der Waals surface area contributed by atoms with E-state index in [2.05, 4.69) is 5.32 Å². The van der Waals surface area contributed by atoms with Crippen LogP contribution in [0.2, 0.25) is 0 Å². The highest BCUT2D eigenvalue weighted by atomic mass is 32.2. The number of nitrogens with zero attached hydrogens (tertiary/aromatic N) is 1. The summed E-state index contributed by atoms with van der Waals surface area (Å²) in [5.74, 6) is -0.590. The summed E-state index contributed by atoms with van der Waals surface area (Å²) in [5.41, 5.74) is 5.36. The van der Waals surface area contributed by atoms with Crippen molar-refractivity contribution in [2.45, 2.75) is 30.6 Å². The first-order valence-electron chi connectivity index (χ1n) is 7.56. The lowest BCUT2D eigenvalue weighted by Crippen LogP contribution is -2.30. The highest BCUT2D eigenvalue weighted by Crippen LogP contribution is 2.15. The molecular weight excluding hydrogens is 321 g/mol. The summed E-state index contributed by atoms with van der Waals surface area (Å²) in [6, 6.07) is 4.67. The number of hydrogen-bond donors (Lipinski definition) is 2. The van der Waals surface area contributed by atoms with Gasteiger partial charge in [0, 0.05) is 26.6 Å². The van der Waals surface area contributed by atoms with Gasteiger partial charge in [0.2, 0.25) is 15.9 Å². The predicted octanol–water partition coefficient (Wildman–Crippen LogP) is 1.08. The van der Waals surface area contributed by atoms with Gasteiger partial charge in [-0.05, 0) is 50.1 Å². The Morgan fingerprint density at radius 3 is 2.48 bits per heavy atom. The predicted molar refractivity (Wildman–Crippen MR) is 86.7 cm³/mol. The van der Waals surface area contributed by atoms with Crippen LogP contribution in [0.25, 0.3) is 0 Å². The highest BCUT2D eigenvalue weighted by Gasteiger charge is 2.20. The average molecular weight is 345 g/mol. The molecule has 0 atom stereocenters. The molecule has 1 amide bonds. The molecule has 0 aliphatic rings. The van der Waals surface area contributed by atoms with Gasteiger partial charge in [-0.1, -0.05) is 0 Å². The van der Waals surface area contributed by atoms with Crippen molar-refractivity contribution >= 4 is 15.9 Å². The smallest absolute Gasteiger partial charge is 0.242 e. The number of halogens is 1. The third-order valence-electron chi connectivity index (χ3n) is 3.35. The van der Waals surface area contributed by atoms with Crippen LogP contribution in [0.15, 0.2) is 29.2 Å². The van der Waals surface area contributed by atoms with E-state index in [1.54, 1.807) is 0 Å². The van der Waals surface area contributed by atoms with Crippen LogP contribution < -0.4 is 11.1 Å². The van der Waals surface area contributed by atoms with E-state index in [-0.39, 0.29) is 23.8 Å². The van der Waals surface area contributed by atoms with Gasteiger partial charge >= 0.3 is 0 Å². The molecule has 0 aliphatic heterocycles. The number of nitrogens with two attached hydrogens (primary N) is 1. The summed E-state index contributed by atoms with van der Waals surface area (Å²) in [4.78, 5) is 11.6. The van der Waals surface area contributed by atoms with Gasteiger partial charge in [0.25, 0.3) is 0 Å². The van der Waals surface area contributed by atoms with Crippen molar-refractivity contribution in [2.24, 2.45) is 5.73 Å². The van der Waals surface area contributed by atoms with Crippen LogP contribution in [0.5, 0.6) is 0 Å². The molecule has 1 aromatic carbocycles. The zero-order valence-corrected chi connectivity index (χ0v) is 14.1. The molecule has 0 saturated carbocycles. The summed E-state index contributed by atoms with van der Waals surface area (Å²) < 4.78 is 38.5. The lowest BCUT2D eigenvalue weighted by molar-refractivity contribution is -0.121. The van der Waals surface area contributed by atoms with E-state index in [4.69, 9.17) is 5.73 Å². The molecule has 0 aromatic heterocycles. The Labute approximate surface area is 136 Å². The minimum atomic E-state index is -3.66. The van der Waals surface area contributed by atoms with Gasteiger partial charge in [0.15, 0.2) is 0 Å². The number of carbonyl (C=O) groups is 1. The molecule has 0 unspecified atom stereocenters. The fourth-order valence-electron chi connectivity index (χ4n) is 1.95. The molecule has 1 aromatic rings. The summed E-state index contributed by atoms with van der Waals surface area (Å²) in [6.07, 6.45) is 2.37. The summed E-state index contributed by atoms with van der Waals surface area (Å²) in [6.45, 7) is 1.40. The van der Waals surface area contributed by atoms with E-state index >= 15 is 0 Å². The van der Waals surface area contributed by atoms with E-state index < -0.39 is 15.8 Å². The van der Waals surface area contributed by atoms with E-state index in [9.17, 15) is 17.6 Å². The van der Waals surface area contributed by atoms with Crippen LogP contribution in [-0.2, 0) is 14.8 Å². The van der Waals surface area contributed by atoms with E-state index in [0.29, 0.717) is 19.5 Å². The molecule has 1 rings (SSSR count). The standard InChI is InChI=1S/C15H24FN3O3S/c1-19(12-4-5-15(20)18-11-3-2-10-17)23(21,22)14-8-6-13(16)7-9-14/h6-9H,2-5,10-12,17H2,1H3,(H,18,20). The first-order chi connectivity index (χ1) is 10.9. The lowest BCUT2D eigenvalue weighted by atomic mass is 10.2. The molecule has 8 heteroatoms. The molecule has 0 saturated heterocycles. The fraction of sp³-hybridized carbons (Fsp3) is 0.533. The molecule has 0 fully saturated rings. The van der Waals surface area contributed by atoms with Crippen LogP contribution in [0.3, 0.4) is 0 Å². The minimum absolute atomic E-state index is 0.0348. The second kappa shape index (κ2) is 9.59. The first kappa shape index (κ1) is 19.5. The maximum Gasteiger partial charge on any atom is 0.242 e. The third kappa shape index (κ3) is 6.64. The maximum atomic E-state index is 12.9. The van der Waals surface area contributed by atoms with Gasteiger partial charge in [0.05, 0.1) is 4.90 Å². The molecule has 130 valence electrons. The van der Waals surface area contributed by atoms with Gasteiger partial charge in [0.1, 0.15) is 5.82 Å². The Hall–Kier alpha value is -1.51. The quantitative estimate of drug-likeness (QED) is 0.621. The van der Waals surface area contributed by atoms with Crippen LogP contribution >= 0.6 is 0 Å². The number of amides is 1. The third-order valence-corrected chi connectivity index (χ3v) is 5.22. The van der Waals surface area contributed by atoms with E-state index in [1.807, 2.05) is 0 Å². The zero-order chi connectivity index (χ0) is 17.3. The van der Waals surface area contributed by atoms with Crippen molar-refractivity contribution in [1.82, 2.24) is 9.62 Å². The lowest BCUT2D eigenvalue weighted by Gasteiger charge is -2.17. The SMILES string of the molecule is CN(CCCC(=O)NCCCCN)S(=O)(=O)c1ccc(F)cc1. The van der Waals surface area contributed by atoms with Crippen molar-refractivity contribution < 1.29 is 17.6 Å². The number of rotatable bonds is 10. The molecular formula is C15H24FN3O3S. The number of nitrogens with one attached hydrogen (secondary N) is 1. The second-order valence-corrected chi connectivity index (χ2v) is 7.27. The first-order valence-corrected chi connectivity index (χ1v) is 9.00. The number of benzene rings is 1. The largest absolute Gasteiger partial charge is 0.356 e. The van der Waals surface area contributed by atoms with Crippen molar-refractivity contribution in [3.8, 4) is 0 Å². The van der Waals surface area contributed by atoms with Crippen LogP contribution in [-0.4, -0.2) is 45.3 Å². The van der Waals surface area contributed by atoms with Crippen LogP contribution in [0.4, 0.5) is 4.39 Å². The van der Waals surface area contributed by atoms with Crippen LogP contribution in [0.1, 0.15) is 25.7 Å².